The van der Waals surface area contributed by atoms with Gasteiger partial charge in [-0.3, -0.25) is 9.59 Å². The number of hydrogen-bond acceptors (Lipinski definition) is 4. The lowest BCUT2D eigenvalue weighted by Gasteiger charge is -2.34. The first-order chi connectivity index (χ1) is 8.08. The summed E-state index contributed by atoms with van der Waals surface area (Å²) in [6, 6.07) is 2.90. The molecule has 92 valence electrons. The van der Waals surface area contributed by atoms with Gasteiger partial charge in [0, 0.05) is 25.2 Å². The van der Waals surface area contributed by atoms with Gasteiger partial charge < -0.3 is 10.6 Å². The number of aromatic amines is 1. The summed E-state index contributed by atoms with van der Waals surface area (Å²) in [6.45, 7) is 3.32. The van der Waals surface area contributed by atoms with Gasteiger partial charge in [0.15, 0.2) is 0 Å². The third kappa shape index (κ3) is 2.52. The topological polar surface area (TPSA) is 92.1 Å². The molecule has 1 amide bonds. The maximum absolute atomic E-state index is 12.1. The molecule has 2 rings (SSSR count). The van der Waals surface area contributed by atoms with Crippen LogP contribution in [0.4, 0.5) is 0 Å². The third-order valence-corrected chi connectivity index (χ3v) is 3.16. The van der Waals surface area contributed by atoms with E-state index in [1.54, 1.807) is 4.90 Å². The van der Waals surface area contributed by atoms with Gasteiger partial charge in [-0.2, -0.15) is 5.10 Å². The monoisotopic (exact) mass is 236 g/mol. The average molecular weight is 236 g/mol. The van der Waals surface area contributed by atoms with Crippen molar-refractivity contribution in [3.8, 4) is 0 Å². The minimum atomic E-state index is -0.310. The van der Waals surface area contributed by atoms with E-state index in [4.69, 9.17) is 5.73 Å². The average Bonchev–Trinajstić information content (AvgIpc) is 2.33. The maximum Gasteiger partial charge on any atom is 0.274 e. The van der Waals surface area contributed by atoms with E-state index in [9.17, 15) is 9.59 Å². The smallest absolute Gasteiger partial charge is 0.274 e. The van der Waals surface area contributed by atoms with Gasteiger partial charge in [0.25, 0.3) is 11.5 Å². The lowest BCUT2D eigenvalue weighted by atomic mass is 9.94. The van der Waals surface area contributed by atoms with Crippen LogP contribution < -0.4 is 11.3 Å². The molecule has 0 saturated carbocycles. The van der Waals surface area contributed by atoms with Gasteiger partial charge in [-0.1, -0.05) is 6.92 Å². The fraction of sp³-hybridized carbons (Fsp3) is 0.545. The summed E-state index contributed by atoms with van der Waals surface area (Å²) in [7, 11) is 0. The number of rotatable bonds is 1. The van der Waals surface area contributed by atoms with Crippen LogP contribution >= 0.6 is 0 Å². The Balaban J connectivity index is 2.10. The van der Waals surface area contributed by atoms with Crippen molar-refractivity contribution in [3.63, 3.8) is 0 Å². The first-order valence-electron chi connectivity index (χ1n) is 5.68. The molecular weight excluding hydrogens is 220 g/mol. The first kappa shape index (κ1) is 11.8. The standard InChI is InChI=1S/C11H16N4O2/c1-7-6-15(5-4-8(7)12)11(17)9-2-3-10(16)14-13-9/h2-3,7-8H,4-6,12H2,1H3,(H,14,16). The van der Waals surface area contributed by atoms with E-state index < -0.39 is 0 Å². The molecule has 2 atom stereocenters. The Morgan fingerprint density at radius 2 is 2.35 bits per heavy atom. The molecule has 0 bridgehead atoms. The van der Waals surface area contributed by atoms with Gasteiger partial charge in [-0.15, -0.1) is 0 Å². The molecule has 0 radical (unpaired) electrons. The Kier molecular flexibility index (Phi) is 3.23. The van der Waals surface area contributed by atoms with E-state index in [0.717, 1.165) is 6.42 Å². The molecule has 2 heterocycles. The molecule has 1 saturated heterocycles. The van der Waals surface area contributed by atoms with Crippen LogP contribution in [0.25, 0.3) is 0 Å². The zero-order valence-corrected chi connectivity index (χ0v) is 9.72. The summed E-state index contributed by atoms with van der Waals surface area (Å²) in [5.74, 6) is 0.135. The molecule has 0 aliphatic carbocycles. The molecule has 0 aromatic carbocycles. The molecule has 1 aromatic heterocycles. The fourth-order valence-corrected chi connectivity index (χ4v) is 1.97. The Hall–Kier alpha value is -1.69. The fourth-order valence-electron chi connectivity index (χ4n) is 1.97. The number of aromatic nitrogens is 2. The minimum absolute atomic E-state index is 0.153. The lowest BCUT2D eigenvalue weighted by Crippen LogP contribution is -2.48. The molecule has 6 nitrogen and oxygen atoms in total. The predicted molar refractivity (Wildman–Crippen MR) is 62.5 cm³/mol. The molecule has 1 aliphatic rings. The van der Waals surface area contributed by atoms with Gasteiger partial charge in [0.05, 0.1) is 0 Å². The number of likely N-dealkylation sites (tertiary alicyclic amines) is 1. The highest BCUT2D eigenvalue weighted by molar-refractivity contribution is 5.92. The molecule has 0 spiro atoms. The van der Waals surface area contributed by atoms with Crippen LogP contribution in [0.1, 0.15) is 23.8 Å². The summed E-state index contributed by atoms with van der Waals surface area (Å²) >= 11 is 0. The highest BCUT2D eigenvalue weighted by Gasteiger charge is 2.27. The normalized spacial score (nSPS) is 24.7. The Morgan fingerprint density at radius 3 is 2.94 bits per heavy atom. The largest absolute Gasteiger partial charge is 0.337 e. The molecule has 17 heavy (non-hydrogen) atoms. The SMILES string of the molecule is CC1CN(C(=O)c2ccc(=O)[nH]n2)CCC1N. The van der Waals surface area contributed by atoms with Crippen molar-refractivity contribution in [2.24, 2.45) is 11.7 Å². The second-order valence-electron chi connectivity index (χ2n) is 4.49. The summed E-state index contributed by atoms with van der Waals surface area (Å²) < 4.78 is 0. The van der Waals surface area contributed by atoms with Gasteiger partial charge >= 0.3 is 0 Å². The molecule has 1 aliphatic heterocycles. The molecule has 2 unspecified atom stereocenters. The Labute approximate surface area is 98.8 Å². The summed E-state index contributed by atoms with van der Waals surface area (Å²) in [6.07, 6.45) is 0.802. The van der Waals surface area contributed by atoms with Gasteiger partial charge in [0.2, 0.25) is 0 Å². The quantitative estimate of drug-likeness (QED) is 0.692. The molecule has 6 heteroatoms. The minimum Gasteiger partial charge on any atom is -0.337 e. The molecule has 1 aromatic rings. The second-order valence-corrected chi connectivity index (χ2v) is 4.49. The number of nitrogens with two attached hydrogens (primary N) is 1. The van der Waals surface area contributed by atoms with Crippen molar-refractivity contribution in [1.82, 2.24) is 15.1 Å². The summed E-state index contributed by atoms with van der Waals surface area (Å²) in [5.41, 5.74) is 5.86. The van der Waals surface area contributed by atoms with Crippen molar-refractivity contribution in [2.45, 2.75) is 19.4 Å². The van der Waals surface area contributed by atoms with Crippen LogP contribution in [0.3, 0.4) is 0 Å². The Morgan fingerprint density at radius 1 is 1.59 bits per heavy atom. The van der Waals surface area contributed by atoms with Crippen molar-refractivity contribution in [3.05, 3.63) is 28.2 Å². The lowest BCUT2D eigenvalue weighted by molar-refractivity contribution is 0.0657. The van der Waals surface area contributed by atoms with E-state index in [0.29, 0.717) is 13.1 Å². The number of nitrogens with one attached hydrogen (secondary N) is 1. The zero-order chi connectivity index (χ0) is 12.4. The van der Waals surface area contributed by atoms with Gasteiger partial charge in [-0.05, 0) is 18.4 Å². The van der Waals surface area contributed by atoms with Crippen LogP contribution in [-0.4, -0.2) is 40.1 Å². The van der Waals surface area contributed by atoms with E-state index in [1.165, 1.54) is 12.1 Å². The van der Waals surface area contributed by atoms with Gasteiger partial charge in [-0.25, -0.2) is 5.10 Å². The van der Waals surface area contributed by atoms with Crippen molar-refractivity contribution in [1.29, 1.82) is 0 Å². The first-order valence-corrected chi connectivity index (χ1v) is 5.68. The second kappa shape index (κ2) is 4.67. The highest BCUT2D eigenvalue weighted by Crippen LogP contribution is 2.16. The number of H-pyrrole nitrogens is 1. The van der Waals surface area contributed by atoms with Crippen molar-refractivity contribution < 1.29 is 4.79 Å². The van der Waals surface area contributed by atoms with Crippen LogP contribution in [-0.2, 0) is 0 Å². The number of hydrogen-bond donors (Lipinski definition) is 2. The van der Waals surface area contributed by atoms with Crippen LogP contribution in [0.5, 0.6) is 0 Å². The predicted octanol–water partition coefficient (Wildman–Crippen LogP) is -0.421. The zero-order valence-electron chi connectivity index (χ0n) is 9.72. The van der Waals surface area contributed by atoms with E-state index >= 15 is 0 Å². The summed E-state index contributed by atoms with van der Waals surface area (Å²) in [5, 5.41) is 6.00. The van der Waals surface area contributed by atoms with E-state index in [1.807, 2.05) is 6.92 Å². The highest BCUT2D eigenvalue weighted by atomic mass is 16.2. The van der Waals surface area contributed by atoms with Crippen LogP contribution in [0, 0.1) is 5.92 Å². The number of carbonyl (C=O) groups excluding carboxylic acids is 1. The van der Waals surface area contributed by atoms with Crippen LogP contribution in [0.15, 0.2) is 16.9 Å². The van der Waals surface area contributed by atoms with Crippen LogP contribution in [0.2, 0.25) is 0 Å². The summed E-state index contributed by atoms with van der Waals surface area (Å²) in [4.78, 5) is 24.7. The van der Waals surface area contributed by atoms with Gasteiger partial charge in [0.1, 0.15) is 5.69 Å². The van der Waals surface area contributed by atoms with Crippen molar-refractivity contribution in [2.75, 3.05) is 13.1 Å². The molecule has 1 fully saturated rings. The number of piperidine rings is 1. The molecule has 3 N–H and O–H groups in total. The maximum atomic E-state index is 12.1. The third-order valence-electron chi connectivity index (χ3n) is 3.16. The Bertz CT molecular complexity index is 450. The van der Waals surface area contributed by atoms with E-state index in [-0.39, 0.29) is 29.1 Å². The number of nitrogens with zero attached hydrogens (tertiary/aromatic N) is 2. The van der Waals surface area contributed by atoms with Crippen molar-refractivity contribution >= 4 is 5.91 Å². The number of carbonyl (C=O) groups is 1. The molecular formula is C11H16N4O2. The van der Waals surface area contributed by atoms with E-state index in [2.05, 4.69) is 10.2 Å². The number of amides is 1.